The number of carbonyl (C=O) groups is 1. The summed E-state index contributed by atoms with van der Waals surface area (Å²) in [6.07, 6.45) is 0.862. The van der Waals surface area contributed by atoms with Crippen molar-refractivity contribution in [1.82, 2.24) is 15.3 Å². The summed E-state index contributed by atoms with van der Waals surface area (Å²) >= 11 is 0. The molecular formula is C20H15F2N5O2. The molecule has 0 saturated heterocycles. The minimum Gasteiger partial charge on any atom is -0.459 e. The number of aromatic nitrogens is 2. The van der Waals surface area contributed by atoms with E-state index in [2.05, 4.69) is 20.6 Å². The molecule has 0 aliphatic rings. The Kier molecular flexibility index (Phi) is 6.27. The van der Waals surface area contributed by atoms with Crippen molar-refractivity contribution in [1.29, 1.82) is 5.26 Å². The number of anilines is 1. The van der Waals surface area contributed by atoms with Gasteiger partial charge in [0.15, 0.2) is 11.6 Å². The summed E-state index contributed by atoms with van der Waals surface area (Å²) in [5, 5.41) is 13.6. The lowest BCUT2D eigenvalue weighted by atomic mass is 10.1. The van der Waals surface area contributed by atoms with Crippen LogP contribution < -0.4 is 15.4 Å². The van der Waals surface area contributed by atoms with Gasteiger partial charge in [-0.1, -0.05) is 30.3 Å². The average molecular weight is 395 g/mol. The van der Waals surface area contributed by atoms with Crippen LogP contribution in [0.2, 0.25) is 0 Å². The largest absolute Gasteiger partial charge is 0.459 e. The van der Waals surface area contributed by atoms with Crippen molar-refractivity contribution >= 4 is 11.8 Å². The van der Waals surface area contributed by atoms with Gasteiger partial charge in [0.2, 0.25) is 0 Å². The summed E-state index contributed by atoms with van der Waals surface area (Å²) in [6.45, 7) is -0.0239. The number of hydrogen-bond donors (Lipinski definition) is 2. The molecule has 29 heavy (non-hydrogen) atoms. The zero-order chi connectivity index (χ0) is 20.6. The number of halogens is 2. The normalized spacial score (nSPS) is 10.1. The molecule has 0 aliphatic carbocycles. The number of rotatable bonds is 6. The first-order chi connectivity index (χ1) is 14.0. The molecule has 0 saturated carbocycles. The molecule has 0 radical (unpaired) electrons. The van der Waals surface area contributed by atoms with Crippen molar-refractivity contribution in [2.45, 2.75) is 13.2 Å². The minimum atomic E-state index is -0.857. The Balaban J connectivity index is 1.60. The molecule has 2 aromatic carbocycles. The molecule has 0 fully saturated rings. The van der Waals surface area contributed by atoms with Gasteiger partial charge < -0.3 is 10.1 Å². The predicted molar refractivity (Wildman–Crippen MR) is 99.7 cm³/mol. The van der Waals surface area contributed by atoms with E-state index in [0.29, 0.717) is 11.1 Å². The second kappa shape index (κ2) is 9.23. The van der Waals surface area contributed by atoms with Crippen molar-refractivity contribution in [3.63, 3.8) is 0 Å². The Bertz CT molecular complexity index is 1070. The van der Waals surface area contributed by atoms with Crippen LogP contribution in [0.5, 0.6) is 6.01 Å². The molecule has 0 aliphatic heterocycles. The minimum absolute atomic E-state index is 0.0556. The summed E-state index contributed by atoms with van der Waals surface area (Å²) in [6, 6.07) is 13.8. The third-order valence-corrected chi connectivity index (χ3v) is 3.78. The number of nitriles is 1. The second-order valence-corrected chi connectivity index (χ2v) is 5.85. The molecular weight excluding hydrogens is 380 g/mol. The maximum atomic E-state index is 13.9. The number of benzene rings is 2. The Hall–Kier alpha value is -4.06. The van der Waals surface area contributed by atoms with E-state index in [4.69, 9.17) is 10.00 Å². The molecule has 0 spiro atoms. The van der Waals surface area contributed by atoms with Crippen LogP contribution in [0.4, 0.5) is 19.4 Å². The fourth-order valence-electron chi connectivity index (χ4n) is 2.36. The number of carbonyl (C=O) groups excluding carboxylic acids is 1. The van der Waals surface area contributed by atoms with E-state index in [9.17, 15) is 13.6 Å². The van der Waals surface area contributed by atoms with Crippen LogP contribution in [-0.2, 0) is 13.2 Å². The molecule has 3 aromatic rings. The van der Waals surface area contributed by atoms with Crippen molar-refractivity contribution < 1.29 is 18.3 Å². The quantitative estimate of drug-likeness (QED) is 0.665. The number of urea groups is 1. The van der Waals surface area contributed by atoms with E-state index in [1.165, 1.54) is 18.2 Å². The van der Waals surface area contributed by atoms with E-state index in [-0.39, 0.29) is 30.5 Å². The van der Waals surface area contributed by atoms with Gasteiger partial charge in [-0.3, -0.25) is 5.32 Å². The van der Waals surface area contributed by atoms with Gasteiger partial charge in [-0.25, -0.2) is 18.6 Å². The van der Waals surface area contributed by atoms with Gasteiger partial charge in [0.1, 0.15) is 12.4 Å². The van der Waals surface area contributed by atoms with E-state index < -0.39 is 17.7 Å². The average Bonchev–Trinajstić information content (AvgIpc) is 2.74. The van der Waals surface area contributed by atoms with Crippen LogP contribution in [-0.4, -0.2) is 16.0 Å². The van der Waals surface area contributed by atoms with Gasteiger partial charge >= 0.3 is 12.0 Å². The SMILES string of the molecule is N#Cc1cccc(COc2ncc(F)c(NC(=O)NCc3ccccc3F)n2)c1. The van der Waals surface area contributed by atoms with E-state index >= 15 is 0 Å². The number of nitrogens with one attached hydrogen (secondary N) is 2. The van der Waals surface area contributed by atoms with Crippen LogP contribution in [0.25, 0.3) is 0 Å². The summed E-state index contributed by atoms with van der Waals surface area (Å²) in [4.78, 5) is 19.5. The van der Waals surface area contributed by atoms with Crippen LogP contribution >= 0.6 is 0 Å². The summed E-state index contributed by atoms with van der Waals surface area (Å²) in [5.74, 6) is -1.70. The molecule has 0 bridgehead atoms. The van der Waals surface area contributed by atoms with Crippen LogP contribution in [0.15, 0.2) is 54.7 Å². The predicted octanol–water partition coefficient (Wildman–Crippen LogP) is 3.53. The first-order valence-electron chi connectivity index (χ1n) is 8.48. The van der Waals surface area contributed by atoms with Crippen LogP contribution in [0, 0.1) is 23.0 Å². The maximum absolute atomic E-state index is 13.9. The van der Waals surface area contributed by atoms with Gasteiger partial charge in [-0.2, -0.15) is 10.2 Å². The molecule has 2 amide bonds. The first-order valence-corrected chi connectivity index (χ1v) is 8.48. The molecule has 1 aromatic heterocycles. The van der Waals surface area contributed by atoms with Crippen molar-refractivity contribution in [2.75, 3.05) is 5.32 Å². The zero-order valence-corrected chi connectivity index (χ0v) is 15.0. The molecule has 9 heteroatoms. The molecule has 3 rings (SSSR count). The smallest absolute Gasteiger partial charge is 0.320 e. The lowest BCUT2D eigenvalue weighted by Crippen LogP contribution is -2.29. The van der Waals surface area contributed by atoms with Gasteiger partial charge in [0, 0.05) is 12.1 Å². The standard InChI is InChI=1S/C20H15F2N5O2/c21-16-7-2-1-6-15(16)10-24-19(28)26-18-17(22)11-25-20(27-18)29-12-14-5-3-4-13(8-14)9-23/h1-8,11H,10,12H2,(H2,24,25,26,27,28). The van der Waals surface area contributed by atoms with E-state index in [1.807, 2.05) is 6.07 Å². The maximum Gasteiger partial charge on any atom is 0.320 e. The molecule has 0 unspecified atom stereocenters. The Morgan fingerprint density at radius 2 is 1.97 bits per heavy atom. The third-order valence-electron chi connectivity index (χ3n) is 3.78. The van der Waals surface area contributed by atoms with Crippen LogP contribution in [0.1, 0.15) is 16.7 Å². The highest BCUT2D eigenvalue weighted by Gasteiger charge is 2.12. The Morgan fingerprint density at radius 1 is 1.14 bits per heavy atom. The number of amides is 2. The molecule has 0 atom stereocenters. The summed E-state index contributed by atoms with van der Waals surface area (Å²) < 4.78 is 32.9. The van der Waals surface area contributed by atoms with E-state index in [0.717, 1.165) is 6.20 Å². The van der Waals surface area contributed by atoms with Crippen molar-refractivity contribution in [3.8, 4) is 12.1 Å². The van der Waals surface area contributed by atoms with Gasteiger partial charge in [-0.05, 0) is 23.8 Å². The first kappa shape index (κ1) is 19.7. The van der Waals surface area contributed by atoms with Gasteiger partial charge in [0.25, 0.3) is 0 Å². The summed E-state index contributed by atoms with van der Waals surface area (Å²) in [7, 11) is 0. The topological polar surface area (TPSA) is 99.9 Å². The number of ether oxygens (including phenoxy) is 1. The van der Waals surface area contributed by atoms with Crippen LogP contribution in [0.3, 0.4) is 0 Å². The highest BCUT2D eigenvalue weighted by molar-refractivity contribution is 5.88. The zero-order valence-electron chi connectivity index (χ0n) is 15.0. The van der Waals surface area contributed by atoms with Crippen molar-refractivity contribution in [3.05, 3.63) is 83.1 Å². The second-order valence-electron chi connectivity index (χ2n) is 5.85. The highest BCUT2D eigenvalue weighted by Crippen LogP contribution is 2.15. The monoisotopic (exact) mass is 395 g/mol. The number of hydrogen-bond acceptors (Lipinski definition) is 5. The molecule has 1 heterocycles. The fraction of sp³-hybridized carbons (Fsp3) is 0.100. The Morgan fingerprint density at radius 3 is 2.76 bits per heavy atom. The lowest BCUT2D eigenvalue weighted by Gasteiger charge is -2.10. The highest BCUT2D eigenvalue weighted by atomic mass is 19.1. The van der Waals surface area contributed by atoms with Gasteiger partial charge in [0.05, 0.1) is 17.8 Å². The Labute approximate surface area is 165 Å². The molecule has 7 nitrogen and oxygen atoms in total. The van der Waals surface area contributed by atoms with Gasteiger partial charge in [-0.15, -0.1) is 0 Å². The van der Waals surface area contributed by atoms with E-state index in [1.54, 1.807) is 30.3 Å². The number of nitrogens with zero attached hydrogens (tertiary/aromatic N) is 3. The lowest BCUT2D eigenvalue weighted by molar-refractivity contribution is 0.251. The summed E-state index contributed by atoms with van der Waals surface area (Å²) in [5.41, 5.74) is 1.46. The van der Waals surface area contributed by atoms with Crippen molar-refractivity contribution in [2.24, 2.45) is 0 Å². The molecule has 2 N–H and O–H groups in total. The molecule has 146 valence electrons. The fourth-order valence-corrected chi connectivity index (χ4v) is 2.36. The third kappa shape index (κ3) is 5.46.